The molecule has 0 aliphatic heterocycles. The Balaban J connectivity index is 2.19. The van der Waals surface area contributed by atoms with Gasteiger partial charge in [-0.3, -0.25) is 9.59 Å². The molecule has 1 heterocycles. The molecule has 3 rings (SSSR count). The molecule has 25 heavy (non-hydrogen) atoms. The minimum absolute atomic E-state index is 0.209. The van der Waals surface area contributed by atoms with Crippen LogP contribution < -0.4 is 4.74 Å². The summed E-state index contributed by atoms with van der Waals surface area (Å²) in [7, 11) is 1.56. The van der Waals surface area contributed by atoms with Crippen LogP contribution in [-0.2, 0) is 4.79 Å². The number of furan rings is 1. The van der Waals surface area contributed by atoms with E-state index in [9.17, 15) is 14.7 Å². The Morgan fingerprint density at radius 2 is 1.84 bits per heavy atom. The van der Waals surface area contributed by atoms with Crippen molar-refractivity contribution in [2.24, 2.45) is 0 Å². The molecule has 0 saturated carbocycles. The number of carboxylic acids is 1. The van der Waals surface area contributed by atoms with Gasteiger partial charge < -0.3 is 14.3 Å². The van der Waals surface area contributed by atoms with Gasteiger partial charge in [0.25, 0.3) is 0 Å². The van der Waals surface area contributed by atoms with E-state index in [2.05, 4.69) is 0 Å². The molecule has 0 spiro atoms. The maximum Gasteiger partial charge on any atom is 0.310 e. The Bertz CT molecular complexity index is 950. The molecular formula is C20H18O5. The lowest BCUT2D eigenvalue weighted by atomic mass is 9.88. The van der Waals surface area contributed by atoms with Crippen molar-refractivity contribution in [2.75, 3.05) is 7.11 Å². The molecule has 0 aliphatic carbocycles. The van der Waals surface area contributed by atoms with Crippen molar-refractivity contribution < 1.29 is 23.8 Å². The third-order valence-corrected chi connectivity index (χ3v) is 4.46. The number of carbonyl (C=O) groups is 2. The molecule has 0 radical (unpaired) electrons. The highest BCUT2D eigenvalue weighted by molar-refractivity contribution is 6.16. The number of hydrogen-bond acceptors (Lipinski definition) is 4. The number of benzene rings is 2. The third kappa shape index (κ3) is 2.89. The molecule has 0 amide bonds. The molecule has 0 bridgehead atoms. The van der Waals surface area contributed by atoms with Gasteiger partial charge >= 0.3 is 5.97 Å². The zero-order chi connectivity index (χ0) is 18.1. The summed E-state index contributed by atoms with van der Waals surface area (Å²) >= 11 is 0. The molecule has 0 fully saturated rings. The maximum atomic E-state index is 13.1. The molecule has 5 nitrogen and oxygen atoms in total. The molecule has 1 unspecified atom stereocenters. The van der Waals surface area contributed by atoms with Crippen molar-refractivity contribution in [3.8, 4) is 5.75 Å². The summed E-state index contributed by atoms with van der Waals surface area (Å²) in [6, 6.07) is 10.3. The lowest BCUT2D eigenvalue weighted by Gasteiger charge is -2.15. The van der Waals surface area contributed by atoms with Gasteiger partial charge in [0.15, 0.2) is 5.78 Å². The summed E-state index contributed by atoms with van der Waals surface area (Å²) in [5, 5.41) is 10.1. The molecule has 3 aromatic rings. The number of methoxy groups -OCH3 is 1. The second kappa shape index (κ2) is 6.43. The van der Waals surface area contributed by atoms with Crippen molar-refractivity contribution in [1.82, 2.24) is 0 Å². The van der Waals surface area contributed by atoms with Gasteiger partial charge in [0, 0.05) is 10.9 Å². The first-order valence-corrected chi connectivity index (χ1v) is 7.86. The van der Waals surface area contributed by atoms with Gasteiger partial charge in [0.05, 0.1) is 24.9 Å². The van der Waals surface area contributed by atoms with E-state index in [0.29, 0.717) is 39.0 Å². The van der Waals surface area contributed by atoms with Crippen LogP contribution >= 0.6 is 0 Å². The molecule has 1 atom stereocenters. The quantitative estimate of drug-likeness (QED) is 0.707. The Morgan fingerprint density at radius 3 is 2.44 bits per heavy atom. The van der Waals surface area contributed by atoms with Crippen LogP contribution in [0.5, 0.6) is 5.75 Å². The fourth-order valence-corrected chi connectivity index (χ4v) is 2.97. The first kappa shape index (κ1) is 16.8. The van der Waals surface area contributed by atoms with Gasteiger partial charge in [0.2, 0.25) is 0 Å². The van der Waals surface area contributed by atoms with Crippen LogP contribution in [0.3, 0.4) is 0 Å². The van der Waals surface area contributed by atoms with Gasteiger partial charge in [-0.1, -0.05) is 0 Å². The zero-order valence-corrected chi connectivity index (χ0v) is 14.2. The predicted octanol–water partition coefficient (Wildman–Crippen LogP) is 4.17. The number of hydrogen-bond donors (Lipinski definition) is 1. The van der Waals surface area contributed by atoms with E-state index in [1.165, 1.54) is 6.26 Å². The van der Waals surface area contributed by atoms with E-state index < -0.39 is 11.9 Å². The second-order valence-electron chi connectivity index (χ2n) is 5.92. The SMILES string of the molecule is COc1ccc(C(=O)c2c(C)c(C(C)C(=O)O)cc3ccoc23)cc1. The minimum atomic E-state index is -0.936. The number of ketones is 1. The summed E-state index contributed by atoms with van der Waals surface area (Å²) in [5.41, 5.74) is 2.59. The fourth-order valence-electron chi connectivity index (χ4n) is 2.97. The summed E-state index contributed by atoms with van der Waals surface area (Å²) in [5.74, 6) is -1.21. The Morgan fingerprint density at radius 1 is 1.16 bits per heavy atom. The maximum absolute atomic E-state index is 13.1. The van der Waals surface area contributed by atoms with Crippen molar-refractivity contribution >= 4 is 22.7 Å². The number of carboxylic acid groups (broad SMARTS) is 1. The average molecular weight is 338 g/mol. The molecule has 0 saturated heterocycles. The van der Waals surface area contributed by atoms with Gasteiger partial charge in [-0.05, 0) is 61.4 Å². The average Bonchev–Trinajstić information content (AvgIpc) is 3.08. The lowest BCUT2D eigenvalue weighted by Crippen LogP contribution is -2.12. The van der Waals surface area contributed by atoms with Crippen molar-refractivity contribution in [2.45, 2.75) is 19.8 Å². The van der Waals surface area contributed by atoms with E-state index in [4.69, 9.17) is 9.15 Å². The highest BCUT2D eigenvalue weighted by Gasteiger charge is 2.25. The van der Waals surface area contributed by atoms with E-state index in [-0.39, 0.29) is 5.78 Å². The highest BCUT2D eigenvalue weighted by atomic mass is 16.5. The van der Waals surface area contributed by atoms with E-state index in [1.54, 1.807) is 57.4 Å². The van der Waals surface area contributed by atoms with Crippen LogP contribution in [-0.4, -0.2) is 24.0 Å². The van der Waals surface area contributed by atoms with Crippen LogP contribution in [0, 0.1) is 6.92 Å². The highest BCUT2D eigenvalue weighted by Crippen LogP contribution is 2.32. The normalized spacial score (nSPS) is 12.1. The molecule has 5 heteroatoms. The number of ether oxygens (including phenoxy) is 1. The Kier molecular flexibility index (Phi) is 4.31. The largest absolute Gasteiger partial charge is 0.497 e. The topological polar surface area (TPSA) is 76.7 Å². The molecule has 0 aliphatic rings. The smallest absolute Gasteiger partial charge is 0.310 e. The summed E-state index contributed by atoms with van der Waals surface area (Å²) in [6.07, 6.45) is 1.50. The van der Waals surface area contributed by atoms with Crippen molar-refractivity contribution in [3.05, 3.63) is 64.9 Å². The lowest BCUT2D eigenvalue weighted by molar-refractivity contribution is -0.138. The number of carbonyl (C=O) groups excluding carboxylic acids is 1. The number of rotatable bonds is 5. The molecule has 1 N–H and O–H groups in total. The summed E-state index contributed by atoms with van der Waals surface area (Å²) in [4.78, 5) is 24.5. The first-order chi connectivity index (χ1) is 11.9. The molecule has 128 valence electrons. The van der Waals surface area contributed by atoms with E-state index >= 15 is 0 Å². The van der Waals surface area contributed by atoms with Gasteiger partial charge in [-0.25, -0.2) is 0 Å². The Hall–Kier alpha value is -3.08. The second-order valence-corrected chi connectivity index (χ2v) is 5.92. The van der Waals surface area contributed by atoms with Crippen LogP contribution in [0.4, 0.5) is 0 Å². The zero-order valence-electron chi connectivity index (χ0n) is 14.2. The van der Waals surface area contributed by atoms with Crippen LogP contribution in [0.1, 0.15) is 39.9 Å². The predicted molar refractivity (Wildman–Crippen MR) is 93.4 cm³/mol. The summed E-state index contributed by atoms with van der Waals surface area (Å²) in [6.45, 7) is 3.37. The number of fused-ring (bicyclic) bond motifs is 1. The monoisotopic (exact) mass is 338 g/mol. The van der Waals surface area contributed by atoms with E-state index in [0.717, 1.165) is 0 Å². The summed E-state index contributed by atoms with van der Waals surface area (Å²) < 4.78 is 10.6. The van der Waals surface area contributed by atoms with Crippen molar-refractivity contribution in [3.63, 3.8) is 0 Å². The molecule has 1 aromatic heterocycles. The Labute approximate surface area is 144 Å². The van der Waals surface area contributed by atoms with Gasteiger partial charge in [-0.15, -0.1) is 0 Å². The number of aliphatic carboxylic acids is 1. The first-order valence-electron chi connectivity index (χ1n) is 7.86. The van der Waals surface area contributed by atoms with Crippen molar-refractivity contribution in [1.29, 1.82) is 0 Å². The fraction of sp³-hybridized carbons (Fsp3) is 0.200. The van der Waals surface area contributed by atoms with E-state index in [1.807, 2.05) is 0 Å². The standard InChI is InChI=1S/C20H18O5/c1-11-16(12(2)20(22)23)10-14-8-9-25-19(14)17(11)18(21)13-4-6-15(24-3)7-5-13/h4-10,12H,1-3H3,(H,22,23). The molecular weight excluding hydrogens is 320 g/mol. The van der Waals surface area contributed by atoms with Crippen LogP contribution in [0.25, 0.3) is 11.0 Å². The van der Waals surface area contributed by atoms with Gasteiger partial charge in [0.1, 0.15) is 11.3 Å². The van der Waals surface area contributed by atoms with Gasteiger partial charge in [-0.2, -0.15) is 0 Å². The minimum Gasteiger partial charge on any atom is -0.497 e. The van der Waals surface area contributed by atoms with Crippen LogP contribution in [0.2, 0.25) is 0 Å². The molecule has 2 aromatic carbocycles. The third-order valence-electron chi connectivity index (χ3n) is 4.46. The van der Waals surface area contributed by atoms with Crippen LogP contribution in [0.15, 0.2) is 47.1 Å².